The second kappa shape index (κ2) is 7.58. The minimum Gasteiger partial charge on any atom is -0.383 e. The molecule has 0 fully saturated rings. The van der Waals surface area contributed by atoms with Crippen molar-refractivity contribution in [3.05, 3.63) is 65.9 Å². The van der Waals surface area contributed by atoms with Crippen molar-refractivity contribution < 1.29 is 21.6 Å². The van der Waals surface area contributed by atoms with Crippen LogP contribution in [0, 0.1) is 0 Å². The number of alkyl halides is 3. The molecule has 0 aliphatic carbocycles. The summed E-state index contributed by atoms with van der Waals surface area (Å²) in [6.45, 7) is -0.0268. The monoisotopic (exact) mass is 489 g/mol. The van der Waals surface area contributed by atoms with Gasteiger partial charge in [-0.3, -0.25) is 4.31 Å². The van der Waals surface area contributed by atoms with E-state index in [1.54, 1.807) is 28.9 Å². The van der Waals surface area contributed by atoms with E-state index in [1.165, 1.54) is 10.5 Å². The van der Waals surface area contributed by atoms with Gasteiger partial charge in [0.1, 0.15) is 5.82 Å². The quantitative estimate of drug-likeness (QED) is 0.452. The summed E-state index contributed by atoms with van der Waals surface area (Å²) in [5.41, 5.74) is 12.3. The molecule has 4 aromatic rings. The topological polar surface area (TPSA) is 133 Å². The van der Waals surface area contributed by atoms with E-state index in [0.29, 0.717) is 23.1 Å². The Morgan fingerprint density at radius 2 is 1.71 bits per heavy atom. The zero-order chi connectivity index (χ0) is 24.3. The molecule has 34 heavy (non-hydrogen) atoms. The van der Waals surface area contributed by atoms with E-state index in [4.69, 9.17) is 11.5 Å². The normalized spacial score (nSPS) is 16.6. The Hall–Kier alpha value is -3.87. The van der Waals surface area contributed by atoms with Gasteiger partial charge in [-0.25, -0.2) is 13.1 Å². The SMILES string of the molecule is Nc1nc(N)c2cnn(C3Cc4ccccc4N(S(=O)(=O)c4ccc(C(F)(F)F)cc4)C3)c2n1. The van der Waals surface area contributed by atoms with Crippen molar-refractivity contribution in [1.82, 2.24) is 19.7 Å². The Morgan fingerprint density at radius 3 is 2.41 bits per heavy atom. The van der Waals surface area contributed by atoms with Gasteiger partial charge in [-0.2, -0.15) is 28.2 Å². The van der Waals surface area contributed by atoms with Crippen molar-refractivity contribution in [2.45, 2.75) is 23.5 Å². The highest BCUT2D eigenvalue weighted by atomic mass is 32.2. The van der Waals surface area contributed by atoms with Crippen LogP contribution in [0.25, 0.3) is 11.0 Å². The van der Waals surface area contributed by atoms with Crippen LogP contribution in [0.1, 0.15) is 17.2 Å². The Bertz CT molecular complexity index is 1500. The highest BCUT2D eigenvalue weighted by Gasteiger charge is 2.36. The summed E-state index contributed by atoms with van der Waals surface area (Å²) < 4.78 is 68.7. The van der Waals surface area contributed by atoms with Gasteiger partial charge in [-0.15, -0.1) is 0 Å². The maximum Gasteiger partial charge on any atom is 0.416 e. The number of nitrogen functional groups attached to an aromatic ring is 2. The van der Waals surface area contributed by atoms with Crippen LogP contribution >= 0.6 is 0 Å². The van der Waals surface area contributed by atoms with E-state index in [0.717, 1.165) is 29.8 Å². The molecule has 1 atom stereocenters. The summed E-state index contributed by atoms with van der Waals surface area (Å²) in [7, 11) is -4.19. The average molecular weight is 489 g/mol. The largest absolute Gasteiger partial charge is 0.416 e. The van der Waals surface area contributed by atoms with Crippen LogP contribution in [-0.2, 0) is 22.6 Å². The number of sulfonamides is 1. The zero-order valence-electron chi connectivity index (χ0n) is 17.4. The third kappa shape index (κ3) is 3.57. The summed E-state index contributed by atoms with van der Waals surface area (Å²) in [6, 6.07) is 9.88. The van der Waals surface area contributed by atoms with Gasteiger partial charge in [0.25, 0.3) is 10.0 Å². The number of hydrogen-bond acceptors (Lipinski definition) is 7. The lowest BCUT2D eigenvalue weighted by Crippen LogP contribution is -2.41. The van der Waals surface area contributed by atoms with Gasteiger partial charge in [0, 0.05) is 0 Å². The molecule has 1 aliphatic heterocycles. The standard InChI is InChI=1S/C21H18F3N7O2S/c22-21(23,24)13-5-7-15(8-6-13)34(32,33)30-11-14(9-12-3-1-2-4-17(12)30)31-19-16(10-27-31)18(25)28-20(26)29-19/h1-8,10,14H,9,11H2,(H4,25,26,28,29). The second-order valence-electron chi connectivity index (χ2n) is 7.84. The first kappa shape index (κ1) is 21.9. The molecule has 4 N–H and O–H groups in total. The lowest BCUT2D eigenvalue weighted by Gasteiger charge is -2.35. The molecule has 5 rings (SSSR count). The van der Waals surface area contributed by atoms with Gasteiger partial charge in [-0.1, -0.05) is 18.2 Å². The highest BCUT2D eigenvalue weighted by Crippen LogP contribution is 2.37. The van der Waals surface area contributed by atoms with Gasteiger partial charge in [-0.05, 0) is 42.3 Å². The van der Waals surface area contributed by atoms with Gasteiger partial charge < -0.3 is 11.5 Å². The van der Waals surface area contributed by atoms with Crippen LogP contribution in [0.5, 0.6) is 0 Å². The average Bonchev–Trinajstić information content (AvgIpc) is 3.22. The number of halogens is 3. The van der Waals surface area contributed by atoms with Crippen molar-refractivity contribution in [3.63, 3.8) is 0 Å². The predicted octanol–water partition coefficient (Wildman–Crippen LogP) is 3.00. The molecule has 1 unspecified atom stereocenters. The van der Waals surface area contributed by atoms with E-state index in [2.05, 4.69) is 15.1 Å². The third-order valence-corrected chi connectivity index (χ3v) is 7.50. The van der Waals surface area contributed by atoms with Crippen LogP contribution in [0.2, 0.25) is 0 Å². The van der Waals surface area contributed by atoms with Crippen molar-refractivity contribution >= 4 is 38.5 Å². The Balaban J connectivity index is 1.59. The molecule has 0 amide bonds. The fourth-order valence-corrected chi connectivity index (χ4v) is 5.64. The number of rotatable bonds is 3. The number of fused-ring (bicyclic) bond motifs is 2. The minimum absolute atomic E-state index is 0.0268. The lowest BCUT2D eigenvalue weighted by molar-refractivity contribution is -0.137. The van der Waals surface area contributed by atoms with Crippen LogP contribution in [-0.4, -0.2) is 34.7 Å². The Labute approximate surface area is 191 Å². The molecule has 0 saturated heterocycles. The number of aromatic nitrogens is 4. The molecule has 9 nitrogen and oxygen atoms in total. The van der Waals surface area contributed by atoms with Crippen molar-refractivity contribution in [3.8, 4) is 0 Å². The molecule has 0 radical (unpaired) electrons. The number of anilines is 3. The molecule has 0 bridgehead atoms. The van der Waals surface area contributed by atoms with E-state index < -0.39 is 27.8 Å². The molecular weight excluding hydrogens is 471 g/mol. The zero-order valence-corrected chi connectivity index (χ0v) is 18.3. The number of nitrogens with two attached hydrogens (primary N) is 2. The number of hydrogen-bond donors (Lipinski definition) is 2. The van der Waals surface area contributed by atoms with Gasteiger partial charge >= 0.3 is 6.18 Å². The maximum atomic E-state index is 13.5. The van der Waals surface area contributed by atoms with Crippen LogP contribution < -0.4 is 15.8 Å². The molecule has 2 aromatic heterocycles. The summed E-state index contributed by atoms with van der Waals surface area (Å²) in [5, 5.41) is 4.83. The number of nitrogens with zero attached hydrogens (tertiary/aromatic N) is 5. The van der Waals surface area contributed by atoms with Crippen LogP contribution in [0.15, 0.2) is 59.6 Å². The first-order valence-electron chi connectivity index (χ1n) is 10.1. The van der Waals surface area contributed by atoms with Gasteiger partial charge in [0.2, 0.25) is 5.95 Å². The van der Waals surface area contributed by atoms with Crippen LogP contribution in [0.4, 0.5) is 30.6 Å². The molecule has 176 valence electrons. The molecule has 3 heterocycles. The molecule has 0 saturated carbocycles. The molecule has 2 aromatic carbocycles. The smallest absolute Gasteiger partial charge is 0.383 e. The first-order chi connectivity index (χ1) is 16.1. The summed E-state index contributed by atoms with van der Waals surface area (Å²) in [6.07, 6.45) is -2.65. The molecular formula is C21H18F3N7O2S. The summed E-state index contributed by atoms with van der Waals surface area (Å²) in [4.78, 5) is 7.88. The highest BCUT2D eigenvalue weighted by molar-refractivity contribution is 7.92. The second-order valence-corrected chi connectivity index (χ2v) is 9.70. The van der Waals surface area contributed by atoms with Gasteiger partial charge in [0.15, 0.2) is 5.65 Å². The van der Waals surface area contributed by atoms with E-state index in [1.807, 2.05) is 0 Å². The number of benzene rings is 2. The number of para-hydroxylation sites is 1. The van der Waals surface area contributed by atoms with Crippen molar-refractivity contribution in [2.75, 3.05) is 22.3 Å². The molecule has 13 heteroatoms. The van der Waals surface area contributed by atoms with Crippen LogP contribution in [0.3, 0.4) is 0 Å². The van der Waals surface area contributed by atoms with Gasteiger partial charge in [0.05, 0.1) is 40.3 Å². The molecule has 1 aliphatic rings. The summed E-state index contributed by atoms with van der Waals surface area (Å²) >= 11 is 0. The fraction of sp³-hybridized carbons (Fsp3) is 0.190. The first-order valence-corrected chi connectivity index (χ1v) is 11.5. The maximum absolute atomic E-state index is 13.5. The predicted molar refractivity (Wildman–Crippen MR) is 119 cm³/mol. The Morgan fingerprint density at radius 1 is 1.00 bits per heavy atom. The molecule has 0 spiro atoms. The fourth-order valence-electron chi connectivity index (χ4n) is 4.10. The van der Waals surface area contributed by atoms with Crippen molar-refractivity contribution in [1.29, 1.82) is 0 Å². The van der Waals surface area contributed by atoms with Crippen molar-refractivity contribution in [2.24, 2.45) is 0 Å². The third-order valence-electron chi connectivity index (χ3n) is 5.71. The minimum atomic E-state index is -4.57. The van der Waals surface area contributed by atoms with E-state index in [9.17, 15) is 21.6 Å². The Kier molecular flexibility index (Phi) is 4.90. The lowest BCUT2D eigenvalue weighted by atomic mass is 10.00. The van der Waals surface area contributed by atoms with E-state index >= 15 is 0 Å². The van der Waals surface area contributed by atoms with E-state index in [-0.39, 0.29) is 23.2 Å². The summed E-state index contributed by atoms with van der Waals surface area (Å²) in [5.74, 6) is 0.108.